The molecule has 0 aromatic heterocycles. The molecule has 1 fully saturated rings. The summed E-state index contributed by atoms with van der Waals surface area (Å²) in [6.07, 6.45) is 0.380. The normalized spacial score (nSPS) is 17.0. The van der Waals surface area contributed by atoms with E-state index < -0.39 is 0 Å². The standard InChI is InChI=1S/C17H17FN2O2.ClH/c18-16-4-2-1-3-12(16)11-22-15-7-5-14(6-8-15)20-10-13(19)9-17(20)21;/h1-8,13H,9-11,19H2;1H/t13-;/m0./s1. The Morgan fingerprint density at radius 2 is 1.87 bits per heavy atom. The molecule has 1 amide bonds. The maximum atomic E-state index is 13.5. The lowest BCUT2D eigenvalue weighted by molar-refractivity contribution is -0.117. The van der Waals surface area contributed by atoms with Gasteiger partial charge in [0.25, 0.3) is 0 Å². The van der Waals surface area contributed by atoms with E-state index >= 15 is 0 Å². The van der Waals surface area contributed by atoms with Crippen LogP contribution < -0.4 is 15.4 Å². The molecule has 1 heterocycles. The smallest absolute Gasteiger partial charge is 0.228 e. The fourth-order valence-electron chi connectivity index (χ4n) is 2.48. The van der Waals surface area contributed by atoms with E-state index in [4.69, 9.17) is 10.5 Å². The molecular weight excluding hydrogens is 319 g/mol. The van der Waals surface area contributed by atoms with Crippen molar-refractivity contribution in [3.8, 4) is 5.75 Å². The van der Waals surface area contributed by atoms with Gasteiger partial charge in [0.2, 0.25) is 5.91 Å². The molecule has 0 aliphatic carbocycles. The Hall–Kier alpha value is -2.11. The van der Waals surface area contributed by atoms with Gasteiger partial charge in [-0.3, -0.25) is 4.79 Å². The molecule has 122 valence electrons. The molecule has 0 unspecified atom stereocenters. The van der Waals surface area contributed by atoms with Crippen LogP contribution in [0.4, 0.5) is 10.1 Å². The van der Waals surface area contributed by atoms with Gasteiger partial charge in [-0.15, -0.1) is 12.4 Å². The SMILES string of the molecule is Cl.N[C@H]1CC(=O)N(c2ccc(OCc3ccccc3F)cc2)C1. The van der Waals surface area contributed by atoms with Crippen LogP contribution in [0, 0.1) is 5.82 Å². The second kappa shape index (κ2) is 7.44. The molecule has 1 aliphatic heterocycles. The van der Waals surface area contributed by atoms with Crippen molar-refractivity contribution in [2.45, 2.75) is 19.1 Å². The van der Waals surface area contributed by atoms with Crippen molar-refractivity contribution in [1.82, 2.24) is 0 Å². The Morgan fingerprint density at radius 1 is 1.17 bits per heavy atom. The average Bonchev–Trinajstić information content (AvgIpc) is 2.86. The highest BCUT2D eigenvalue weighted by molar-refractivity contribution is 5.96. The number of carbonyl (C=O) groups is 1. The predicted molar refractivity (Wildman–Crippen MR) is 89.4 cm³/mol. The minimum Gasteiger partial charge on any atom is -0.489 e. The molecule has 1 saturated heterocycles. The van der Waals surface area contributed by atoms with Crippen LogP contribution in [0.3, 0.4) is 0 Å². The lowest BCUT2D eigenvalue weighted by atomic mass is 10.2. The van der Waals surface area contributed by atoms with E-state index in [1.807, 2.05) is 12.1 Å². The van der Waals surface area contributed by atoms with Gasteiger partial charge < -0.3 is 15.4 Å². The van der Waals surface area contributed by atoms with Crippen molar-refractivity contribution in [2.75, 3.05) is 11.4 Å². The number of benzene rings is 2. The number of hydrogen-bond donors (Lipinski definition) is 1. The summed E-state index contributed by atoms with van der Waals surface area (Å²) in [5.74, 6) is 0.381. The van der Waals surface area contributed by atoms with Gasteiger partial charge in [0.1, 0.15) is 18.2 Å². The van der Waals surface area contributed by atoms with Crippen LogP contribution in [0.25, 0.3) is 0 Å². The number of halogens is 2. The second-order valence-electron chi connectivity index (χ2n) is 5.34. The number of rotatable bonds is 4. The van der Waals surface area contributed by atoms with Crippen molar-refractivity contribution in [1.29, 1.82) is 0 Å². The van der Waals surface area contributed by atoms with Crippen molar-refractivity contribution in [2.24, 2.45) is 5.73 Å². The zero-order chi connectivity index (χ0) is 15.5. The highest BCUT2D eigenvalue weighted by atomic mass is 35.5. The van der Waals surface area contributed by atoms with Crippen molar-refractivity contribution < 1.29 is 13.9 Å². The highest BCUT2D eigenvalue weighted by Crippen LogP contribution is 2.24. The Morgan fingerprint density at radius 3 is 2.48 bits per heavy atom. The number of ether oxygens (including phenoxy) is 1. The number of nitrogens with two attached hydrogens (primary N) is 1. The maximum Gasteiger partial charge on any atom is 0.228 e. The average molecular weight is 337 g/mol. The first-order valence-corrected chi connectivity index (χ1v) is 7.16. The van der Waals surface area contributed by atoms with E-state index in [0.717, 1.165) is 5.69 Å². The van der Waals surface area contributed by atoms with Crippen LogP contribution >= 0.6 is 12.4 Å². The van der Waals surface area contributed by atoms with Gasteiger partial charge in [-0.05, 0) is 30.3 Å². The van der Waals surface area contributed by atoms with Crippen LogP contribution in [0.15, 0.2) is 48.5 Å². The second-order valence-corrected chi connectivity index (χ2v) is 5.34. The molecule has 2 N–H and O–H groups in total. The number of carbonyl (C=O) groups excluding carboxylic acids is 1. The third-order valence-corrected chi connectivity index (χ3v) is 3.66. The molecule has 0 saturated carbocycles. The largest absolute Gasteiger partial charge is 0.489 e. The summed E-state index contributed by atoms with van der Waals surface area (Å²) in [6.45, 7) is 0.702. The van der Waals surface area contributed by atoms with Crippen LogP contribution in [0.5, 0.6) is 5.75 Å². The number of hydrogen-bond acceptors (Lipinski definition) is 3. The Kier molecular flexibility index (Phi) is 5.58. The summed E-state index contributed by atoms with van der Waals surface area (Å²) in [7, 11) is 0. The molecule has 4 nitrogen and oxygen atoms in total. The molecule has 0 spiro atoms. The first kappa shape index (κ1) is 17.2. The van der Waals surface area contributed by atoms with Gasteiger partial charge in [0.05, 0.1) is 0 Å². The zero-order valence-electron chi connectivity index (χ0n) is 12.4. The van der Waals surface area contributed by atoms with Gasteiger partial charge in [0, 0.05) is 30.3 Å². The van der Waals surface area contributed by atoms with E-state index in [9.17, 15) is 9.18 Å². The van der Waals surface area contributed by atoms with Gasteiger partial charge in [-0.2, -0.15) is 0 Å². The minimum atomic E-state index is -0.282. The number of anilines is 1. The lowest BCUT2D eigenvalue weighted by Crippen LogP contribution is -2.27. The van der Waals surface area contributed by atoms with Gasteiger partial charge in [0.15, 0.2) is 0 Å². The first-order valence-electron chi connectivity index (χ1n) is 7.16. The third kappa shape index (κ3) is 4.00. The number of amides is 1. The molecule has 0 radical (unpaired) electrons. The predicted octanol–water partition coefficient (Wildman–Crippen LogP) is 2.89. The molecule has 1 aliphatic rings. The van der Waals surface area contributed by atoms with E-state index in [0.29, 0.717) is 24.3 Å². The Bertz CT molecular complexity index is 679. The van der Waals surface area contributed by atoms with E-state index in [1.54, 1.807) is 35.2 Å². The summed E-state index contributed by atoms with van der Waals surface area (Å²) in [5.41, 5.74) is 7.10. The Labute approximate surface area is 140 Å². The monoisotopic (exact) mass is 336 g/mol. The first-order chi connectivity index (χ1) is 10.6. The van der Waals surface area contributed by atoms with Crippen LogP contribution in [0.2, 0.25) is 0 Å². The van der Waals surface area contributed by atoms with Crippen LogP contribution in [-0.2, 0) is 11.4 Å². The summed E-state index contributed by atoms with van der Waals surface area (Å²) in [4.78, 5) is 13.5. The highest BCUT2D eigenvalue weighted by Gasteiger charge is 2.27. The van der Waals surface area contributed by atoms with Gasteiger partial charge in [-0.25, -0.2) is 4.39 Å². The summed E-state index contributed by atoms with van der Waals surface area (Å²) >= 11 is 0. The van der Waals surface area contributed by atoms with Gasteiger partial charge in [-0.1, -0.05) is 18.2 Å². The summed E-state index contributed by atoms with van der Waals surface area (Å²) in [5, 5.41) is 0. The lowest BCUT2D eigenvalue weighted by Gasteiger charge is -2.16. The topological polar surface area (TPSA) is 55.6 Å². The van der Waals surface area contributed by atoms with Crippen molar-refractivity contribution in [3.05, 3.63) is 59.9 Å². The van der Waals surface area contributed by atoms with Gasteiger partial charge >= 0.3 is 0 Å². The fourth-order valence-corrected chi connectivity index (χ4v) is 2.48. The van der Waals surface area contributed by atoms with E-state index in [-0.39, 0.29) is 36.8 Å². The van der Waals surface area contributed by atoms with Crippen molar-refractivity contribution >= 4 is 24.0 Å². The van der Waals surface area contributed by atoms with E-state index in [1.165, 1.54) is 6.07 Å². The summed E-state index contributed by atoms with van der Waals surface area (Å²) < 4.78 is 19.1. The fraction of sp³-hybridized carbons (Fsp3) is 0.235. The third-order valence-electron chi connectivity index (χ3n) is 3.66. The van der Waals surface area contributed by atoms with Crippen molar-refractivity contribution in [3.63, 3.8) is 0 Å². The quantitative estimate of drug-likeness (QED) is 0.934. The minimum absolute atomic E-state index is 0. The molecule has 2 aromatic rings. The molecule has 3 rings (SSSR count). The summed E-state index contributed by atoms with van der Waals surface area (Å²) in [6, 6.07) is 13.6. The van der Waals surface area contributed by atoms with Crippen LogP contribution in [-0.4, -0.2) is 18.5 Å². The zero-order valence-corrected chi connectivity index (χ0v) is 13.3. The molecule has 6 heteroatoms. The molecule has 23 heavy (non-hydrogen) atoms. The maximum absolute atomic E-state index is 13.5. The molecule has 2 aromatic carbocycles. The van der Waals surface area contributed by atoms with E-state index in [2.05, 4.69) is 0 Å². The Balaban J connectivity index is 0.00000192. The molecular formula is C17H18ClFN2O2. The van der Waals surface area contributed by atoms with Crippen LogP contribution in [0.1, 0.15) is 12.0 Å². The molecule has 1 atom stereocenters. The molecule has 0 bridgehead atoms. The number of nitrogens with zero attached hydrogens (tertiary/aromatic N) is 1.